The van der Waals surface area contributed by atoms with Crippen molar-refractivity contribution in [2.24, 2.45) is 11.0 Å². The highest BCUT2D eigenvalue weighted by Crippen LogP contribution is 2.36. The number of benzene rings is 1. The Kier molecular flexibility index (Phi) is 6.34. The first-order valence-corrected chi connectivity index (χ1v) is 11.8. The van der Waals surface area contributed by atoms with E-state index in [1.807, 2.05) is 0 Å². The molecule has 0 saturated carbocycles. The van der Waals surface area contributed by atoms with Crippen molar-refractivity contribution in [3.63, 3.8) is 0 Å². The van der Waals surface area contributed by atoms with Crippen molar-refractivity contribution < 1.29 is 14.6 Å². The molecule has 1 aliphatic carbocycles. The van der Waals surface area contributed by atoms with Crippen LogP contribution in [-0.2, 0) is 17.6 Å². The number of rotatable bonds is 5. The number of phenols is 1. The highest BCUT2D eigenvalue weighted by atomic mass is 79.9. The molecule has 1 amide bonds. The van der Waals surface area contributed by atoms with Gasteiger partial charge in [-0.05, 0) is 71.3 Å². The summed E-state index contributed by atoms with van der Waals surface area (Å²) in [7, 11) is 1.44. The molecule has 2 heterocycles. The van der Waals surface area contributed by atoms with Crippen LogP contribution in [0.3, 0.4) is 0 Å². The molecule has 32 heavy (non-hydrogen) atoms. The molecular formula is C22H23BrN4O4S. The monoisotopic (exact) mass is 518 g/mol. The van der Waals surface area contributed by atoms with E-state index in [1.54, 1.807) is 30.4 Å². The molecule has 8 nitrogen and oxygen atoms in total. The molecule has 10 heteroatoms. The predicted molar refractivity (Wildman–Crippen MR) is 128 cm³/mol. The van der Waals surface area contributed by atoms with Crippen molar-refractivity contribution in [1.29, 1.82) is 0 Å². The molecule has 0 unspecified atom stereocenters. The number of carbonyl (C=O) groups is 1. The summed E-state index contributed by atoms with van der Waals surface area (Å²) in [5.74, 6) is 0.427. The quantitative estimate of drug-likeness (QED) is 0.395. The lowest BCUT2D eigenvalue weighted by atomic mass is 9.89. The number of aryl methyl sites for hydroxylation is 1. The molecule has 2 N–H and O–H groups in total. The molecule has 0 spiro atoms. The Balaban J connectivity index is 1.54. The molecule has 2 atom stereocenters. The number of aromatic nitrogens is 2. The maximum Gasteiger partial charge on any atom is 0.263 e. The van der Waals surface area contributed by atoms with Gasteiger partial charge in [0, 0.05) is 4.88 Å². The molecule has 0 saturated heterocycles. The van der Waals surface area contributed by atoms with Crippen LogP contribution in [0.2, 0.25) is 0 Å². The van der Waals surface area contributed by atoms with E-state index in [9.17, 15) is 14.7 Å². The molecule has 168 valence electrons. The van der Waals surface area contributed by atoms with Crippen molar-refractivity contribution in [2.45, 2.75) is 39.2 Å². The van der Waals surface area contributed by atoms with Gasteiger partial charge in [-0.25, -0.2) is 10.4 Å². The summed E-state index contributed by atoms with van der Waals surface area (Å²) in [6.07, 6.45) is 5.76. The summed E-state index contributed by atoms with van der Waals surface area (Å²) in [6, 6.07) is 2.44. The van der Waals surface area contributed by atoms with E-state index in [0.29, 0.717) is 21.3 Å². The SMILES string of the molecule is COc1cc(/C=N\NC(=O)[C@@H](C)n2cnc3sc4c(c3c2=O)CC[C@H](C)C4)cc(Br)c1O. The minimum atomic E-state index is -0.782. The molecule has 1 aromatic carbocycles. The zero-order chi connectivity index (χ0) is 23.0. The number of carbonyl (C=O) groups excluding carboxylic acids is 1. The predicted octanol–water partition coefficient (Wildman–Crippen LogP) is 3.77. The molecular weight excluding hydrogens is 496 g/mol. The number of nitrogens with zero attached hydrogens (tertiary/aromatic N) is 3. The van der Waals surface area contributed by atoms with E-state index in [4.69, 9.17) is 4.74 Å². The average Bonchev–Trinajstić information content (AvgIpc) is 3.14. The van der Waals surface area contributed by atoms with Crippen LogP contribution >= 0.6 is 27.3 Å². The number of hydrogen-bond donors (Lipinski definition) is 2. The van der Waals surface area contributed by atoms with Gasteiger partial charge < -0.3 is 9.84 Å². The number of phenolic OH excluding ortho intramolecular Hbond substituents is 1. The van der Waals surface area contributed by atoms with Crippen LogP contribution in [0.4, 0.5) is 0 Å². The van der Waals surface area contributed by atoms with Crippen molar-refractivity contribution in [3.8, 4) is 11.5 Å². The van der Waals surface area contributed by atoms with Crippen LogP contribution in [0.1, 0.15) is 42.3 Å². The summed E-state index contributed by atoms with van der Waals surface area (Å²) in [5.41, 5.74) is 3.97. The van der Waals surface area contributed by atoms with Crippen LogP contribution in [-0.4, -0.2) is 33.9 Å². The molecule has 0 fully saturated rings. The number of halogens is 1. The van der Waals surface area contributed by atoms with E-state index >= 15 is 0 Å². The van der Waals surface area contributed by atoms with Crippen molar-refractivity contribution in [3.05, 3.63) is 49.3 Å². The summed E-state index contributed by atoms with van der Waals surface area (Å²) in [6.45, 7) is 3.86. The normalized spacial score (nSPS) is 16.8. The number of hydrazone groups is 1. The number of ether oxygens (including phenoxy) is 1. The largest absolute Gasteiger partial charge is 0.503 e. The van der Waals surface area contributed by atoms with Crippen LogP contribution < -0.4 is 15.7 Å². The average molecular weight is 519 g/mol. The Morgan fingerprint density at radius 3 is 3.03 bits per heavy atom. The maximum atomic E-state index is 13.2. The molecule has 0 radical (unpaired) electrons. The van der Waals surface area contributed by atoms with Gasteiger partial charge in [-0.3, -0.25) is 14.2 Å². The van der Waals surface area contributed by atoms with Crippen LogP contribution in [0.15, 0.2) is 32.8 Å². The molecule has 4 rings (SSSR count). The van der Waals surface area contributed by atoms with Gasteiger partial charge in [-0.2, -0.15) is 5.10 Å². The van der Waals surface area contributed by atoms with Crippen LogP contribution in [0.25, 0.3) is 10.2 Å². The number of thiophene rings is 1. The van der Waals surface area contributed by atoms with Gasteiger partial charge in [0.15, 0.2) is 11.5 Å². The second kappa shape index (κ2) is 9.03. The number of aromatic hydroxyl groups is 1. The maximum absolute atomic E-state index is 13.2. The fourth-order valence-corrected chi connectivity index (χ4v) is 5.63. The minimum absolute atomic E-state index is 0.0188. The highest BCUT2D eigenvalue weighted by molar-refractivity contribution is 9.10. The third-order valence-electron chi connectivity index (χ3n) is 5.70. The van der Waals surface area contributed by atoms with Gasteiger partial charge in [0.05, 0.1) is 29.5 Å². The Morgan fingerprint density at radius 1 is 1.50 bits per heavy atom. The summed E-state index contributed by atoms with van der Waals surface area (Å²) < 4.78 is 6.91. The fraction of sp³-hybridized carbons (Fsp3) is 0.364. The lowest BCUT2D eigenvalue weighted by Gasteiger charge is -2.18. The van der Waals surface area contributed by atoms with Crippen LogP contribution in [0, 0.1) is 5.92 Å². The molecule has 0 bridgehead atoms. The molecule has 3 aromatic rings. The number of methoxy groups -OCH3 is 1. The first-order valence-electron chi connectivity index (χ1n) is 10.2. The van der Waals surface area contributed by atoms with E-state index in [0.717, 1.165) is 29.7 Å². The van der Waals surface area contributed by atoms with Crippen molar-refractivity contribution in [1.82, 2.24) is 15.0 Å². The Bertz CT molecular complexity index is 1280. The number of hydrogen-bond acceptors (Lipinski definition) is 7. The zero-order valence-corrected chi connectivity index (χ0v) is 20.3. The third-order valence-corrected chi connectivity index (χ3v) is 7.46. The third kappa shape index (κ3) is 4.16. The Morgan fingerprint density at radius 2 is 2.28 bits per heavy atom. The fourth-order valence-electron chi connectivity index (χ4n) is 3.83. The van der Waals surface area contributed by atoms with E-state index in [-0.39, 0.29) is 17.1 Å². The van der Waals surface area contributed by atoms with Gasteiger partial charge >= 0.3 is 0 Å². The summed E-state index contributed by atoms with van der Waals surface area (Å²) in [5, 5.41) is 14.5. The smallest absolute Gasteiger partial charge is 0.263 e. The lowest BCUT2D eigenvalue weighted by molar-refractivity contribution is -0.123. The number of amides is 1. The van der Waals surface area contributed by atoms with E-state index in [2.05, 4.69) is 38.4 Å². The summed E-state index contributed by atoms with van der Waals surface area (Å²) >= 11 is 4.83. The van der Waals surface area contributed by atoms with Crippen molar-refractivity contribution in [2.75, 3.05) is 7.11 Å². The second-order valence-electron chi connectivity index (χ2n) is 7.95. The van der Waals surface area contributed by atoms with Gasteiger partial charge in [0.25, 0.3) is 11.5 Å². The molecule has 0 aliphatic heterocycles. The first-order chi connectivity index (χ1) is 15.3. The van der Waals surface area contributed by atoms with Gasteiger partial charge in [-0.15, -0.1) is 11.3 Å². The summed E-state index contributed by atoms with van der Waals surface area (Å²) in [4.78, 5) is 32.3. The molecule has 1 aliphatic rings. The minimum Gasteiger partial charge on any atom is -0.503 e. The van der Waals surface area contributed by atoms with Gasteiger partial charge in [-0.1, -0.05) is 6.92 Å². The lowest BCUT2D eigenvalue weighted by Crippen LogP contribution is -2.34. The van der Waals surface area contributed by atoms with Crippen molar-refractivity contribution >= 4 is 49.6 Å². The number of nitrogens with one attached hydrogen (secondary N) is 1. The second-order valence-corrected chi connectivity index (χ2v) is 9.89. The van der Waals surface area contributed by atoms with Gasteiger partial charge in [0.1, 0.15) is 10.9 Å². The van der Waals surface area contributed by atoms with Gasteiger partial charge in [0.2, 0.25) is 0 Å². The topological polar surface area (TPSA) is 106 Å². The Labute approximate surface area is 197 Å². The van der Waals surface area contributed by atoms with E-state index < -0.39 is 11.9 Å². The zero-order valence-electron chi connectivity index (χ0n) is 17.9. The number of fused-ring (bicyclic) bond motifs is 3. The standard InChI is InChI=1S/C22H23BrN4O4S/c1-11-4-5-14-17(6-11)32-21-18(14)22(30)27(10-24-21)12(2)20(29)26-25-9-13-7-15(23)19(28)16(8-13)31-3/h7-12,28H,4-6H2,1-3H3,(H,26,29)/b25-9-/t11-,12+/m0/s1. The van der Waals surface area contributed by atoms with E-state index in [1.165, 1.54) is 29.1 Å². The Hall–Kier alpha value is -2.72. The molecule has 2 aromatic heterocycles. The van der Waals surface area contributed by atoms with Crippen LogP contribution in [0.5, 0.6) is 11.5 Å². The first kappa shape index (κ1) is 22.5. The highest BCUT2D eigenvalue weighted by Gasteiger charge is 2.25.